The minimum atomic E-state index is -0.827. The predicted octanol–water partition coefficient (Wildman–Crippen LogP) is 4.49. The van der Waals surface area contributed by atoms with Gasteiger partial charge in [0.2, 0.25) is 5.91 Å². The molecule has 0 spiro atoms. The van der Waals surface area contributed by atoms with Gasteiger partial charge in [0.25, 0.3) is 5.91 Å². The number of aromatic amines is 1. The average molecular weight is 481 g/mol. The first kappa shape index (κ1) is 24.8. The number of amides is 3. The van der Waals surface area contributed by atoms with Gasteiger partial charge in [0.05, 0.1) is 6.04 Å². The van der Waals surface area contributed by atoms with Gasteiger partial charge in [-0.25, -0.2) is 14.2 Å². The predicted molar refractivity (Wildman–Crippen MR) is 123 cm³/mol. The molecule has 33 heavy (non-hydrogen) atoms. The van der Waals surface area contributed by atoms with Crippen LogP contribution in [-0.4, -0.2) is 58.5 Å². The van der Waals surface area contributed by atoms with Crippen LogP contribution in [0.5, 0.6) is 0 Å². The number of fused-ring (bicyclic) bond motifs is 1. The highest BCUT2D eigenvalue weighted by Gasteiger charge is 2.37. The molecular formula is C23H30ClFN4O4. The molecule has 0 saturated heterocycles. The maximum Gasteiger partial charge on any atom is 0.429 e. The van der Waals surface area contributed by atoms with Crippen molar-refractivity contribution in [2.45, 2.75) is 58.1 Å². The van der Waals surface area contributed by atoms with E-state index in [4.69, 9.17) is 16.3 Å². The third kappa shape index (κ3) is 5.76. The quantitative estimate of drug-likeness (QED) is 0.633. The van der Waals surface area contributed by atoms with E-state index in [9.17, 15) is 18.8 Å². The fourth-order valence-electron chi connectivity index (χ4n) is 4.04. The van der Waals surface area contributed by atoms with Crippen LogP contribution in [0.2, 0.25) is 5.02 Å². The highest BCUT2D eigenvalue weighted by molar-refractivity contribution is 6.31. The average Bonchev–Trinajstić information content (AvgIpc) is 3.06. The third-order valence-electron chi connectivity index (χ3n) is 5.54. The monoisotopic (exact) mass is 480 g/mol. The third-order valence-corrected chi connectivity index (χ3v) is 5.77. The minimum Gasteiger partial charge on any atom is -0.442 e. The second kappa shape index (κ2) is 9.59. The molecule has 1 aliphatic carbocycles. The summed E-state index contributed by atoms with van der Waals surface area (Å²) in [5.41, 5.74) is 1.79. The van der Waals surface area contributed by atoms with Gasteiger partial charge in [0, 0.05) is 35.9 Å². The Kier molecular flexibility index (Phi) is 7.21. The first-order valence-electron chi connectivity index (χ1n) is 10.9. The molecule has 0 bridgehead atoms. The van der Waals surface area contributed by atoms with E-state index in [1.807, 2.05) is 0 Å². The molecule has 2 unspecified atom stereocenters. The number of hydrogen-bond donors (Lipinski definition) is 2. The van der Waals surface area contributed by atoms with Crippen molar-refractivity contribution < 1.29 is 23.5 Å². The summed E-state index contributed by atoms with van der Waals surface area (Å²) in [7, 11) is 3.37. The van der Waals surface area contributed by atoms with Crippen LogP contribution in [0, 0.1) is 11.7 Å². The maximum absolute atomic E-state index is 14.9. The molecule has 1 fully saturated rings. The van der Waals surface area contributed by atoms with Crippen LogP contribution in [0.1, 0.15) is 56.9 Å². The first-order valence-corrected chi connectivity index (χ1v) is 11.3. The smallest absolute Gasteiger partial charge is 0.429 e. The van der Waals surface area contributed by atoms with Crippen LogP contribution in [0.4, 0.5) is 9.18 Å². The molecule has 3 rings (SSSR count). The van der Waals surface area contributed by atoms with E-state index < -0.39 is 29.5 Å². The van der Waals surface area contributed by atoms with Gasteiger partial charge < -0.3 is 14.6 Å². The summed E-state index contributed by atoms with van der Waals surface area (Å²) in [5, 5.41) is 1.60. The largest absolute Gasteiger partial charge is 0.442 e. The molecule has 0 radical (unpaired) electrons. The number of H-pyrrole nitrogens is 1. The summed E-state index contributed by atoms with van der Waals surface area (Å²) in [4.78, 5) is 42.8. The van der Waals surface area contributed by atoms with Crippen LogP contribution in [0.3, 0.4) is 0 Å². The Balaban J connectivity index is 1.88. The number of nitrogens with zero attached hydrogens (tertiary/aromatic N) is 2. The van der Waals surface area contributed by atoms with Gasteiger partial charge in [0.15, 0.2) is 5.82 Å². The second-order valence-corrected chi connectivity index (χ2v) is 9.98. The van der Waals surface area contributed by atoms with Gasteiger partial charge in [-0.2, -0.15) is 0 Å². The lowest BCUT2D eigenvalue weighted by molar-refractivity contribution is -0.134. The van der Waals surface area contributed by atoms with Crippen LogP contribution >= 0.6 is 11.6 Å². The fourth-order valence-corrected chi connectivity index (χ4v) is 4.21. The van der Waals surface area contributed by atoms with E-state index in [0.717, 1.165) is 5.01 Å². The van der Waals surface area contributed by atoms with E-state index in [0.29, 0.717) is 36.2 Å². The molecule has 1 aliphatic rings. The van der Waals surface area contributed by atoms with Crippen molar-refractivity contribution in [2.75, 3.05) is 14.1 Å². The minimum absolute atomic E-state index is 0.0336. The molecule has 2 atom stereocenters. The van der Waals surface area contributed by atoms with Gasteiger partial charge in [0.1, 0.15) is 11.3 Å². The zero-order chi connectivity index (χ0) is 24.5. The van der Waals surface area contributed by atoms with Crippen LogP contribution in [0.15, 0.2) is 18.2 Å². The van der Waals surface area contributed by atoms with E-state index in [1.54, 1.807) is 47.0 Å². The van der Waals surface area contributed by atoms with Gasteiger partial charge in [-0.1, -0.05) is 18.0 Å². The van der Waals surface area contributed by atoms with Crippen LogP contribution in [-0.2, 0) is 9.53 Å². The summed E-state index contributed by atoms with van der Waals surface area (Å²) < 4.78 is 20.4. The fraction of sp³-hybridized carbons (Fsp3) is 0.522. The Labute approximate surface area is 197 Å². The Bertz CT molecular complexity index is 1060. The van der Waals surface area contributed by atoms with Crippen molar-refractivity contribution in [1.29, 1.82) is 0 Å². The molecule has 3 amide bonds. The molecule has 1 heterocycles. The van der Waals surface area contributed by atoms with Gasteiger partial charge in [-0.05, 0) is 58.2 Å². The van der Waals surface area contributed by atoms with Crippen LogP contribution < -0.4 is 5.43 Å². The zero-order valence-electron chi connectivity index (χ0n) is 19.5. The van der Waals surface area contributed by atoms with Crippen molar-refractivity contribution in [3.05, 3.63) is 34.7 Å². The van der Waals surface area contributed by atoms with Gasteiger partial charge >= 0.3 is 6.09 Å². The number of carbonyl (C=O) groups excluding carboxylic acids is 3. The number of hydrogen-bond acceptors (Lipinski definition) is 4. The summed E-state index contributed by atoms with van der Waals surface area (Å²) in [5.74, 6) is -1.91. The number of carbonyl (C=O) groups is 3. The van der Waals surface area contributed by atoms with Crippen LogP contribution in [0.25, 0.3) is 10.9 Å². The SMILES string of the molecule is CN(C)C(=O)C1CCCC(N(NC(=O)c2[nH]c3ccc(Cl)cc3c2F)C(=O)OC(C)(C)C)C1. The standard InChI is InChI=1S/C23H30ClFN4O4/c1-23(2,3)33-22(32)29(15-8-6-7-13(11-15)21(31)28(4)5)27-20(30)19-18(25)16-12-14(24)9-10-17(16)26-19/h9-10,12-13,15,26H,6-8,11H2,1-5H3,(H,27,30). The Morgan fingerprint density at radius 3 is 2.55 bits per heavy atom. The van der Waals surface area contributed by atoms with Crippen molar-refractivity contribution >= 4 is 40.4 Å². The highest BCUT2D eigenvalue weighted by atomic mass is 35.5. The lowest BCUT2D eigenvalue weighted by atomic mass is 9.84. The topological polar surface area (TPSA) is 94.7 Å². The lowest BCUT2D eigenvalue weighted by Gasteiger charge is -2.37. The van der Waals surface area contributed by atoms with Gasteiger partial charge in [-0.3, -0.25) is 15.0 Å². The molecule has 1 aromatic carbocycles. The van der Waals surface area contributed by atoms with Crippen molar-refractivity contribution in [3.63, 3.8) is 0 Å². The van der Waals surface area contributed by atoms with E-state index >= 15 is 0 Å². The number of benzene rings is 1. The summed E-state index contributed by atoms with van der Waals surface area (Å²) in [6.45, 7) is 5.14. The van der Waals surface area contributed by atoms with Crippen molar-refractivity contribution in [2.24, 2.45) is 5.92 Å². The molecule has 1 aromatic heterocycles. The normalized spacial score (nSPS) is 18.6. The van der Waals surface area contributed by atoms with E-state index in [-0.39, 0.29) is 22.9 Å². The Hall–Kier alpha value is -2.81. The molecule has 2 aromatic rings. The first-order chi connectivity index (χ1) is 15.4. The molecule has 0 aliphatic heterocycles. The molecular weight excluding hydrogens is 451 g/mol. The number of rotatable bonds is 3. The maximum atomic E-state index is 14.9. The zero-order valence-corrected chi connectivity index (χ0v) is 20.3. The molecule has 180 valence electrons. The summed E-state index contributed by atoms with van der Waals surface area (Å²) in [6.07, 6.45) is 1.56. The Morgan fingerprint density at radius 1 is 1.21 bits per heavy atom. The van der Waals surface area contributed by atoms with E-state index in [2.05, 4.69) is 10.4 Å². The number of aromatic nitrogens is 1. The lowest BCUT2D eigenvalue weighted by Crippen LogP contribution is -2.55. The summed E-state index contributed by atoms with van der Waals surface area (Å²) >= 11 is 5.95. The number of nitrogens with one attached hydrogen (secondary N) is 2. The Morgan fingerprint density at radius 2 is 1.91 bits per heavy atom. The highest BCUT2D eigenvalue weighted by Crippen LogP contribution is 2.30. The van der Waals surface area contributed by atoms with Crippen molar-refractivity contribution in [3.8, 4) is 0 Å². The number of halogens is 2. The number of ether oxygens (including phenoxy) is 1. The van der Waals surface area contributed by atoms with Gasteiger partial charge in [-0.15, -0.1) is 0 Å². The summed E-state index contributed by atoms with van der Waals surface area (Å²) in [6, 6.07) is 4.09. The molecule has 1 saturated carbocycles. The number of hydrazine groups is 1. The van der Waals surface area contributed by atoms with E-state index in [1.165, 1.54) is 11.0 Å². The molecule has 8 nitrogen and oxygen atoms in total. The van der Waals surface area contributed by atoms with Crippen molar-refractivity contribution in [1.82, 2.24) is 20.3 Å². The molecule has 10 heteroatoms. The second-order valence-electron chi connectivity index (χ2n) is 9.55. The molecule has 2 N–H and O–H groups in total.